The van der Waals surface area contributed by atoms with Crippen LogP contribution in [0, 0.1) is 6.92 Å². The van der Waals surface area contributed by atoms with E-state index in [9.17, 15) is 4.79 Å². The summed E-state index contributed by atoms with van der Waals surface area (Å²) < 4.78 is 13.4. The molecule has 0 unspecified atom stereocenters. The number of nitrogens with zero attached hydrogens (tertiary/aromatic N) is 2. The van der Waals surface area contributed by atoms with Crippen LogP contribution in [0.15, 0.2) is 72.8 Å². The molecule has 1 aromatic heterocycles. The molecule has 1 N–H and O–H groups in total. The van der Waals surface area contributed by atoms with Crippen molar-refractivity contribution in [1.82, 2.24) is 14.9 Å². The Balaban J connectivity index is 1.35. The third-order valence-corrected chi connectivity index (χ3v) is 5.61. The molecule has 0 atom stereocenters. The Hall–Kier alpha value is -3.80. The van der Waals surface area contributed by atoms with Crippen LogP contribution in [0.1, 0.15) is 28.2 Å². The van der Waals surface area contributed by atoms with Crippen molar-refractivity contribution < 1.29 is 14.3 Å². The maximum atomic E-state index is 12.4. The van der Waals surface area contributed by atoms with E-state index in [0.29, 0.717) is 25.3 Å². The summed E-state index contributed by atoms with van der Waals surface area (Å²) >= 11 is 0. The number of hydrogen-bond donors (Lipinski definition) is 1. The number of nitrogens with one attached hydrogen (secondary N) is 1. The predicted octanol–water partition coefficient (Wildman–Crippen LogP) is 4.79. The number of methoxy groups -OCH3 is 1. The van der Waals surface area contributed by atoms with Crippen molar-refractivity contribution in [3.8, 4) is 11.5 Å². The van der Waals surface area contributed by atoms with Crippen molar-refractivity contribution in [2.75, 3.05) is 20.3 Å². The van der Waals surface area contributed by atoms with E-state index in [0.717, 1.165) is 46.8 Å². The summed E-state index contributed by atoms with van der Waals surface area (Å²) in [6.07, 6.45) is 1.56. The van der Waals surface area contributed by atoms with Gasteiger partial charge in [-0.05, 0) is 61.4 Å². The first kappa shape index (κ1) is 22.4. The summed E-state index contributed by atoms with van der Waals surface area (Å²) in [5.74, 6) is 2.56. The van der Waals surface area contributed by atoms with Crippen LogP contribution >= 0.6 is 0 Å². The quantitative estimate of drug-likeness (QED) is 0.358. The van der Waals surface area contributed by atoms with Crippen molar-refractivity contribution in [3.63, 3.8) is 0 Å². The van der Waals surface area contributed by atoms with E-state index in [2.05, 4.69) is 16.0 Å². The number of carbonyl (C=O) groups excluding carboxylic acids is 1. The lowest BCUT2D eigenvalue weighted by Gasteiger charge is -2.12. The molecule has 0 aliphatic heterocycles. The van der Waals surface area contributed by atoms with Gasteiger partial charge in [0.15, 0.2) is 0 Å². The van der Waals surface area contributed by atoms with E-state index in [-0.39, 0.29) is 5.91 Å². The second-order valence-corrected chi connectivity index (χ2v) is 7.87. The maximum absolute atomic E-state index is 12.4. The van der Waals surface area contributed by atoms with E-state index < -0.39 is 0 Å². The molecule has 0 spiro atoms. The number of benzene rings is 3. The number of fused-ring (bicyclic) bond motifs is 1. The van der Waals surface area contributed by atoms with E-state index >= 15 is 0 Å². The fourth-order valence-electron chi connectivity index (χ4n) is 3.82. The molecule has 6 nitrogen and oxygen atoms in total. The normalized spacial score (nSPS) is 10.8. The van der Waals surface area contributed by atoms with Gasteiger partial charge in [0.25, 0.3) is 5.91 Å². The fourth-order valence-corrected chi connectivity index (χ4v) is 3.82. The molecule has 4 aromatic rings. The third kappa shape index (κ3) is 5.52. The Kier molecular flexibility index (Phi) is 7.25. The molecule has 0 aliphatic rings. The lowest BCUT2D eigenvalue weighted by molar-refractivity contribution is 0.0953. The smallest absolute Gasteiger partial charge is 0.251 e. The van der Waals surface area contributed by atoms with Gasteiger partial charge in [0.05, 0.1) is 24.7 Å². The van der Waals surface area contributed by atoms with Gasteiger partial charge in [0.1, 0.15) is 23.9 Å². The monoisotopic (exact) mass is 443 g/mol. The molecule has 0 bridgehead atoms. The van der Waals surface area contributed by atoms with Crippen molar-refractivity contribution in [2.45, 2.75) is 26.3 Å². The van der Waals surface area contributed by atoms with Crippen LogP contribution in [-0.2, 0) is 13.0 Å². The number of hydrogen-bond acceptors (Lipinski definition) is 4. The van der Waals surface area contributed by atoms with Crippen molar-refractivity contribution in [2.24, 2.45) is 0 Å². The molecule has 4 rings (SSSR count). The highest BCUT2D eigenvalue weighted by Crippen LogP contribution is 2.19. The Morgan fingerprint density at radius 2 is 1.76 bits per heavy atom. The number of aryl methyl sites for hydroxylation is 2. The molecule has 0 saturated heterocycles. The SMILES string of the molecule is COc1ccc(C(=O)NCCCc2nc3ccccc3n2CCOc2ccccc2C)cc1. The number of para-hydroxylation sites is 3. The second-order valence-electron chi connectivity index (χ2n) is 7.87. The number of ether oxygens (including phenoxy) is 2. The first-order valence-electron chi connectivity index (χ1n) is 11.2. The molecule has 0 radical (unpaired) electrons. The summed E-state index contributed by atoms with van der Waals surface area (Å²) in [6.45, 7) is 3.90. The van der Waals surface area contributed by atoms with Crippen LogP contribution in [0.4, 0.5) is 0 Å². The lowest BCUT2D eigenvalue weighted by Crippen LogP contribution is -2.25. The zero-order chi connectivity index (χ0) is 23.0. The molecule has 170 valence electrons. The van der Waals surface area contributed by atoms with Crippen LogP contribution in [0.5, 0.6) is 11.5 Å². The van der Waals surface area contributed by atoms with Gasteiger partial charge in [-0.15, -0.1) is 0 Å². The van der Waals surface area contributed by atoms with Crippen LogP contribution in [-0.4, -0.2) is 35.7 Å². The van der Waals surface area contributed by atoms with Gasteiger partial charge in [0.2, 0.25) is 0 Å². The molecule has 6 heteroatoms. The molecular formula is C27H29N3O3. The minimum absolute atomic E-state index is 0.0854. The standard InChI is InChI=1S/C27H29N3O3/c1-20-8-3-6-11-25(20)33-19-18-30-24-10-5-4-9-23(24)29-26(30)12-7-17-28-27(31)21-13-15-22(32-2)16-14-21/h3-6,8-11,13-16H,7,12,17-19H2,1-2H3,(H,28,31). The molecule has 0 fully saturated rings. The fraction of sp³-hybridized carbons (Fsp3) is 0.259. The Morgan fingerprint density at radius 3 is 2.55 bits per heavy atom. The average Bonchev–Trinajstić information content (AvgIpc) is 3.20. The largest absolute Gasteiger partial charge is 0.497 e. The molecular weight excluding hydrogens is 414 g/mol. The highest BCUT2D eigenvalue weighted by molar-refractivity contribution is 5.94. The predicted molar refractivity (Wildman–Crippen MR) is 130 cm³/mol. The van der Waals surface area contributed by atoms with E-state index in [1.165, 1.54) is 0 Å². The summed E-state index contributed by atoms with van der Waals surface area (Å²) in [7, 11) is 1.61. The summed E-state index contributed by atoms with van der Waals surface area (Å²) in [5, 5.41) is 2.99. The topological polar surface area (TPSA) is 65.4 Å². The minimum Gasteiger partial charge on any atom is -0.497 e. The molecule has 0 aliphatic carbocycles. The minimum atomic E-state index is -0.0854. The molecule has 3 aromatic carbocycles. The Morgan fingerprint density at radius 1 is 1.00 bits per heavy atom. The Bertz CT molecular complexity index is 1220. The van der Waals surface area contributed by atoms with E-state index in [1.807, 2.05) is 49.4 Å². The number of carbonyl (C=O) groups is 1. The molecule has 1 heterocycles. The van der Waals surface area contributed by atoms with Crippen LogP contribution < -0.4 is 14.8 Å². The maximum Gasteiger partial charge on any atom is 0.251 e. The van der Waals surface area contributed by atoms with Crippen molar-refractivity contribution >= 4 is 16.9 Å². The highest BCUT2D eigenvalue weighted by atomic mass is 16.5. The third-order valence-electron chi connectivity index (χ3n) is 5.61. The second kappa shape index (κ2) is 10.7. The van der Waals surface area contributed by atoms with E-state index in [4.69, 9.17) is 14.5 Å². The summed E-state index contributed by atoms with van der Waals surface area (Å²) in [6, 6.07) is 23.3. The summed E-state index contributed by atoms with van der Waals surface area (Å²) in [5.41, 5.74) is 3.83. The number of aromatic nitrogens is 2. The number of imidazole rings is 1. The van der Waals surface area contributed by atoms with Gasteiger partial charge in [-0.25, -0.2) is 4.98 Å². The van der Waals surface area contributed by atoms with Gasteiger partial charge < -0.3 is 19.4 Å². The molecule has 33 heavy (non-hydrogen) atoms. The van der Waals surface area contributed by atoms with Gasteiger partial charge in [0, 0.05) is 18.5 Å². The van der Waals surface area contributed by atoms with Gasteiger partial charge in [-0.2, -0.15) is 0 Å². The molecule has 1 amide bonds. The van der Waals surface area contributed by atoms with E-state index in [1.54, 1.807) is 31.4 Å². The van der Waals surface area contributed by atoms with Crippen LogP contribution in [0.2, 0.25) is 0 Å². The van der Waals surface area contributed by atoms with Crippen LogP contribution in [0.3, 0.4) is 0 Å². The molecule has 0 saturated carbocycles. The first-order chi connectivity index (χ1) is 16.2. The van der Waals surface area contributed by atoms with Crippen molar-refractivity contribution in [3.05, 3.63) is 89.7 Å². The average molecular weight is 444 g/mol. The van der Waals surface area contributed by atoms with Crippen LogP contribution in [0.25, 0.3) is 11.0 Å². The number of amides is 1. The number of rotatable bonds is 10. The Labute approximate surface area is 194 Å². The van der Waals surface area contributed by atoms with Crippen molar-refractivity contribution in [1.29, 1.82) is 0 Å². The first-order valence-corrected chi connectivity index (χ1v) is 11.2. The zero-order valence-electron chi connectivity index (χ0n) is 19.1. The lowest BCUT2D eigenvalue weighted by atomic mass is 10.2. The summed E-state index contributed by atoms with van der Waals surface area (Å²) in [4.78, 5) is 17.2. The van der Waals surface area contributed by atoms with Gasteiger partial charge in [-0.3, -0.25) is 4.79 Å². The highest BCUT2D eigenvalue weighted by Gasteiger charge is 2.11. The van der Waals surface area contributed by atoms with Gasteiger partial charge >= 0.3 is 0 Å². The zero-order valence-corrected chi connectivity index (χ0v) is 19.1. The van der Waals surface area contributed by atoms with Gasteiger partial charge in [-0.1, -0.05) is 30.3 Å².